The number of carbonyl (C=O) groups excluding carboxylic acids is 3. The summed E-state index contributed by atoms with van der Waals surface area (Å²) in [4.78, 5) is 35.3. The third-order valence-electron chi connectivity index (χ3n) is 5.66. The minimum Gasteiger partial charge on any atom is -0.461 e. The Kier molecular flexibility index (Phi) is 20.2. The molecule has 0 aliphatic carbocycles. The molecule has 0 aromatic rings. The molecule has 0 aliphatic rings. The molecule has 0 heterocycles. The van der Waals surface area contributed by atoms with Crippen LogP contribution in [0.4, 0.5) is 0 Å². The minimum absolute atomic E-state index is 0.0388. The first-order valence-electron chi connectivity index (χ1n) is 13.1. The van der Waals surface area contributed by atoms with E-state index < -0.39 is 17.9 Å². The van der Waals surface area contributed by atoms with E-state index >= 15 is 0 Å². The van der Waals surface area contributed by atoms with E-state index in [2.05, 4.69) is 12.2 Å². The lowest BCUT2D eigenvalue weighted by atomic mass is 10.0. The largest absolute Gasteiger partial charge is 0.461 e. The smallest absolute Gasteiger partial charge is 0.328 e. The Hall–Kier alpha value is -1.59. The second-order valence-electron chi connectivity index (χ2n) is 9.31. The van der Waals surface area contributed by atoms with Gasteiger partial charge in [0.15, 0.2) is 0 Å². The van der Waals surface area contributed by atoms with Gasteiger partial charge >= 0.3 is 5.97 Å². The zero-order valence-electron chi connectivity index (χ0n) is 21.1. The highest BCUT2D eigenvalue weighted by molar-refractivity contribution is 5.85. The quantitative estimate of drug-likeness (QED) is 0.156. The average Bonchev–Trinajstić information content (AvgIpc) is 2.73. The molecule has 0 bridgehead atoms. The van der Waals surface area contributed by atoms with Crippen molar-refractivity contribution >= 4 is 17.8 Å². The summed E-state index contributed by atoms with van der Waals surface area (Å²) >= 11 is 0. The lowest BCUT2D eigenvalue weighted by molar-refractivity contribution is -0.151. The molecule has 3 N–H and O–H groups in total. The van der Waals surface area contributed by atoms with Crippen LogP contribution in [0.3, 0.4) is 0 Å². The molecular weight excluding hydrogens is 404 g/mol. The maximum Gasteiger partial charge on any atom is 0.328 e. The molecule has 0 radical (unpaired) electrons. The van der Waals surface area contributed by atoms with Gasteiger partial charge in [-0.2, -0.15) is 0 Å². The molecule has 0 spiro atoms. The van der Waals surface area contributed by atoms with Crippen molar-refractivity contribution in [1.82, 2.24) is 5.32 Å². The van der Waals surface area contributed by atoms with Gasteiger partial charge in [0.05, 0.1) is 6.10 Å². The number of esters is 1. The van der Waals surface area contributed by atoms with Crippen LogP contribution in [-0.4, -0.2) is 29.9 Å². The number of amides is 2. The van der Waals surface area contributed by atoms with E-state index in [0.29, 0.717) is 6.42 Å². The molecule has 1 atom stereocenters. The Balaban J connectivity index is 3.71. The van der Waals surface area contributed by atoms with Crippen molar-refractivity contribution in [2.75, 3.05) is 0 Å². The fraction of sp³-hybridized carbons (Fsp3) is 0.885. The summed E-state index contributed by atoms with van der Waals surface area (Å²) in [6, 6.07) is -0.811. The molecule has 0 aliphatic heterocycles. The van der Waals surface area contributed by atoms with E-state index in [0.717, 1.165) is 19.3 Å². The van der Waals surface area contributed by atoms with Crippen LogP contribution in [0.1, 0.15) is 136 Å². The predicted molar refractivity (Wildman–Crippen MR) is 131 cm³/mol. The van der Waals surface area contributed by atoms with Gasteiger partial charge in [0.1, 0.15) is 6.04 Å². The summed E-state index contributed by atoms with van der Waals surface area (Å²) in [5.74, 6) is -1.18. The van der Waals surface area contributed by atoms with Gasteiger partial charge in [-0.3, -0.25) is 9.59 Å². The van der Waals surface area contributed by atoms with Crippen LogP contribution in [-0.2, 0) is 19.1 Å². The summed E-state index contributed by atoms with van der Waals surface area (Å²) in [5.41, 5.74) is 5.17. The van der Waals surface area contributed by atoms with Crippen LogP contribution in [0.25, 0.3) is 0 Å². The zero-order valence-corrected chi connectivity index (χ0v) is 21.1. The molecular formula is C26H50N2O4. The highest BCUT2D eigenvalue weighted by Crippen LogP contribution is 2.14. The van der Waals surface area contributed by atoms with Gasteiger partial charge in [-0.05, 0) is 26.7 Å². The first kappa shape index (κ1) is 30.4. The number of carbonyl (C=O) groups is 3. The molecule has 2 amide bonds. The molecule has 6 heteroatoms. The highest BCUT2D eigenvalue weighted by Gasteiger charge is 2.23. The summed E-state index contributed by atoms with van der Waals surface area (Å²) < 4.78 is 5.17. The molecule has 0 fully saturated rings. The van der Waals surface area contributed by atoms with Gasteiger partial charge in [-0.1, -0.05) is 96.8 Å². The van der Waals surface area contributed by atoms with Gasteiger partial charge in [0.2, 0.25) is 11.8 Å². The van der Waals surface area contributed by atoms with Gasteiger partial charge in [-0.25, -0.2) is 4.79 Å². The fourth-order valence-electron chi connectivity index (χ4n) is 3.77. The van der Waals surface area contributed by atoms with Crippen LogP contribution in [0.5, 0.6) is 0 Å². The van der Waals surface area contributed by atoms with Crippen LogP contribution < -0.4 is 11.1 Å². The van der Waals surface area contributed by atoms with Crippen molar-refractivity contribution < 1.29 is 19.1 Å². The third kappa shape index (κ3) is 20.3. The monoisotopic (exact) mass is 454 g/mol. The number of rotatable bonds is 22. The fourth-order valence-corrected chi connectivity index (χ4v) is 3.77. The summed E-state index contributed by atoms with van der Waals surface area (Å²) in [7, 11) is 0. The van der Waals surface area contributed by atoms with Crippen molar-refractivity contribution in [3.63, 3.8) is 0 Å². The summed E-state index contributed by atoms with van der Waals surface area (Å²) in [5, 5.41) is 2.71. The molecule has 0 saturated heterocycles. The number of unbranched alkanes of at least 4 members (excludes halogenated alkanes) is 14. The van der Waals surface area contributed by atoms with E-state index in [1.165, 1.54) is 77.0 Å². The van der Waals surface area contributed by atoms with Crippen molar-refractivity contribution in [3.8, 4) is 0 Å². The van der Waals surface area contributed by atoms with Gasteiger partial charge < -0.3 is 15.8 Å². The second-order valence-corrected chi connectivity index (χ2v) is 9.31. The number of hydrogen-bond donors (Lipinski definition) is 2. The predicted octanol–water partition coefficient (Wildman–Crippen LogP) is 5.95. The van der Waals surface area contributed by atoms with Crippen molar-refractivity contribution in [2.24, 2.45) is 5.73 Å². The maximum atomic E-state index is 12.2. The van der Waals surface area contributed by atoms with Gasteiger partial charge in [0.25, 0.3) is 0 Å². The number of nitrogens with one attached hydrogen (secondary N) is 1. The molecule has 0 saturated carbocycles. The Morgan fingerprint density at radius 3 is 1.56 bits per heavy atom. The normalized spacial score (nSPS) is 12.0. The van der Waals surface area contributed by atoms with Crippen molar-refractivity contribution in [2.45, 2.75) is 148 Å². The number of hydrogen-bond acceptors (Lipinski definition) is 4. The van der Waals surface area contributed by atoms with Crippen LogP contribution in [0.2, 0.25) is 0 Å². The zero-order chi connectivity index (χ0) is 24.0. The molecule has 32 heavy (non-hydrogen) atoms. The standard InChI is InChI=1S/C26H50N2O4/c1-4-5-6-7-8-9-10-11-12-13-14-15-16-17-18-19-25(30)28-23(20-21-24(27)29)26(31)32-22(2)3/h22-23H,4-21H2,1-3H3,(H2,27,29)(H,28,30)/t23-/m0/s1. The minimum atomic E-state index is -0.811. The molecule has 0 aromatic heterocycles. The molecule has 0 aromatic carbocycles. The van der Waals surface area contributed by atoms with E-state index in [9.17, 15) is 14.4 Å². The SMILES string of the molecule is CCCCCCCCCCCCCCCCCC(=O)N[C@@H](CCC(N)=O)C(=O)OC(C)C. The second kappa shape index (κ2) is 21.3. The summed E-state index contributed by atoms with van der Waals surface area (Å²) in [6.07, 6.45) is 19.5. The first-order chi connectivity index (χ1) is 15.4. The van der Waals surface area contributed by atoms with E-state index in [1.807, 2.05) is 0 Å². The van der Waals surface area contributed by atoms with E-state index in [-0.39, 0.29) is 24.9 Å². The van der Waals surface area contributed by atoms with Gasteiger partial charge in [-0.15, -0.1) is 0 Å². The van der Waals surface area contributed by atoms with Crippen LogP contribution in [0.15, 0.2) is 0 Å². The Bertz CT molecular complexity index is 494. The molecule has 0 unspecified atom stereocenters. The molecule has 188 valence electrons. The van der Waals surface area contributed by atoms with Crippen LogP contribution in [0, 0.1) is 0 Å². The Labute approximate surface area is 196 Å². The van der Waals surface area contributed by atoms with E-state index in [4.69, 9.17) is 10.5 Å². The van der Waals surface area contributed by atoms with E-state index in [1.54, 1.807) is 13.8 Å². The van der Waals surface area contributed by atoms with Crippen molar-refractivity contribution in [1.29, 1.82) is 0 Å². The Morgan fingerprint density at radius 2 is 1.16 bits per heavy atom. The number of ether oxygens (including phenoxy) is 1. The van der Waals surface area contributed by atoms with Crippen LogP contribution >= 0.6 is 0 Å². The first-order valence-corrected chi connectivity index (χ1v) is 13.1. The lowest BCUT2D eigenvalue weighted by Crippen LogP contribution is -2.43. The average molecular weight is 455 g/mol. The third-order valence-corrected chi connectivity index (χ3v) is 5.66. The topological polar surface area (TPSA) is 98.5 Å². The number of primary amides is 1. The van der Waals surface area contributed by atoms with Gasteiger partial charge in [0, 0.05) is 12.8 Å². The lowest BCUT2D eigenvalue weighted by Gasteiger charge is -2.18. The Morgan fingerprint density at radius 1 is 0.719 bits per heavy atom. The number of nitrogens with two attached hydrogens (primary N) is 1. The molecule has 0 rings (SSSR count). The van der Waals surface area contributed by atoms with Crippen molar-refractivity contribution in [3.05, 3.63) is 0 Å². The molecule has 6 nitrogen and oxygen atoms in total. The highest BCUT2D eigenvalue weighted by atomic mass is 16.5. The summed E-state index contributed by atoms with van der Waals surface area (Å²) in [6.45, 7) is 5.76. The maximum absolute atomic E-state index is 12.2.